The quantitative estimate of drug-likeness (QED) is 0.308. The van der Waals surface area contributed by atoms with Gasteiger partial charge >= 0.3 is 0 Å². The standard InChI is InChI=1S/C19H16FIN6/c1-11-16(8-14-19(24-11)26(10-22-14)6-2-5-21)27-15-4-3-12(20)7-13(15)18-17(27)9-23-25-18/h3-4,7-10H,2,5-6H2,1H3,(H,23,25). The van der Waals surface area contributed by atoms with Crippen LogP contribution >= 0.6 is 22.6 Å². The molecule has 1 N–H and O–H groups in total. The zero-order chi connectivity index (χ0) is 18.5. The molecule has 136 valence electrons. The minimum absolute atomic E-state index is 0.268. The fourth-order valence-corrected chi connectivity index (χ4v) is 3.97. The molecule has 0 atom stereocenters. The van der Waals surface area contributed by atoms with Crippen LogP contribution in [0.1, 0.15) is 12.1 Å². The number of nitrogens with one attached hydrogen (secondary N) is 1. The number of aryl methyl sites for hydroxylation is 2. The maximum absolute atomic E-state index is 13.8. The second-order valence-electron chi connectivity index (χ2n) is 6.54. The first-order valence-electron chi connectivity index (χ1n) is 8.69. The van der Waals surface area contributed by atoms with E-state index in [1.807, 2.05) is 19.3 Å². The maximum Gasteiger partial charge on any atom is 0.160 e. The molecule has 0 fully saturated rings. The molecule has 0 unspecified atom stereocenters. The molecule has 0 radical (unpaired) electrons. The van der Waals surface area contributed by atoms with Gasteiger partial charge in [-0.25, -0.2) is 14.4 Å². The highest BCUT2D eigenvalue weighted by Crippen LogP contribution is 2.32. The molecule has 0 aliphatic rings. The molecule has 0 saturated heterocycles. The van der Waals surface area contributed by atoms with Crippen LogP contribution in [0.3, 0.4) is 0 Å². The molecular weight excluding hydrogens is 458 g/mol. The number of pyridine rings is 1. The van der Waals surface area contributed by atoms with Crippen LogP contribution in [0.25, 0.3) is 38.8 Å². The Hall–Kier alpha value is -2.49. The Labute approximate surface area is 167 Å². The van der Waals surface area contributed by atoms with Gasteiger partial charge in [-0.3, -0.25) is 5.10 Å². The highest BCUT2D eigenvalue weighted by atomic mass is 127. The number of H-pyrrole nitrogens is 1. The fraction of sp³-hybridized carbons (Fsp3) is 0.211. The van der Waals surface area contributed by atoms with Crippen molar-refractivity contribution in [3.05, 3.63) is 48.3 Å². The average molecular weight is 474 g/mol. The SMILES string of the molecule is Cc1nc2c(cc1-n1c3ccc(F)cc3c3[nH]ncc31)ncn2CCCI. The van der Waals surface area contributed by atoms with E-state index in [0.717, 1.165) is 61.9 Å². The van der Waals surface area contributed by atoms with Crippen molar-refractivity contribution in [2.75, 3.05) is 4.43 Å². The number of aromatic nitrogens is 6. The molecule has 1 aromatic carbocycles. The molecule has 5 aromatic rings. The predicted molar refractivity (Wildman–Crippen MR) is 112 cm³/mol. The van der Waals surface area contributed by atoms with Crippen LogP contribution in [0.4, 0.5) is 4.39 Å². The van der Waals surface area contributed by atoms with Crippen molar-refractivity contribution in [1.82, 2.24) is 29.3 Å². The zero-order valence-electron chi connectivity index (χ0n) is 14.6. The number of hydrogen-bond donors (Lipinski definition) is 1. The summed E-state index contributed by atoms with van der Waals surface area (Å²) in [5.41, 5.74) is 6.18. The van der Waals surface area contributed by atoms with Gasteiger partial charge in [0.1, 0.15) is 11.3 Å². The molecule has 8 heteroatoms. The van der Waals surface area contributed by atoms with Gasteiger partial charge in [0.05, 0.1) is 40.5 Å². The predicted octanol–water partition coefficient (Wildman–Crippen LogP) is 4.52. The van der Waals surface area contributed by atoms with Crippen molar-refractivity contribution in [1.29, 1.82) is 0 Å². The van der Waals surface area contributed by atoms with Crippen LogP contribution in [0.15, 0.2) is 36.8 Å². The molecule has 0 aliphatic carbocycles. The fourth-order valence-electron chi connectivity index (χ4n) is 3.63. The van der Waals surface area contributed by atoms with Crippen LogP contribution in [0.5, 0.6) is 0 Å². The zero-order valence-corrected chi connectivity index (χ0v) is 16.7. The van der Waals surface area contributed by atoms with Crippen LogP contribution < -0.4 is 0 Å². The van der Waals surface area contributed by atoms with Crippen molar-refractivity contribution in [3.8, 4) is 5.69 Å². The van der Waals surface area contributed by atoms with Gasteiger partial charge in [-0.05, 0) is 37.6 Å². The first-order chi connectivity index (χ1) is 13.2. The average Bonchev–Trinajstić information content (AvgIpc) is 3.34. The maximum atomic E-state index is 13.8. The third-order valence-electron chi connectivity index (χ3n) is 4.86. The summed E-state index contributed by atoms with van der Waals surface area (Å²) in [7, 11) is 0. The topological polar surface area (TPSA) is 64.3 Å². The Balaban J connectivity index is 1.78. The van der Waals surface area contributed by atoms with Crippen LogP contribution in [0, 0.1) is 12.7 Å². The van der Waals surface area contributed by atoms with Crippen molar-refractivity contribution >= 4 is 55.7 Å². The van der Waals surface area contributed by atoms with E-state index in [-0.39, 0.29) is 5.82 Å². The number of hydrogen-bond acceptors (Lipinski definition) is 3. The Morgan fingerprint density at radius 2 is 2.11 bits per heavy atom. The molecule has 0 aliphatic heterocycles. The summed E-state index contributed by atoms with van der Waals surface area (Å²) in [6.07, 6.45) is 4.69. The molecule has 27 heavy (non-hydrogen) atoms. The Kier molecular flexibility index (Phi) is 3.88. The summed E-state index contributed by atoms with van der Waals surface area (Å²) in [5, 5.41) is 7.93. The normalized spacial score (nSPS) is 12.0. The summed E-state index contributed by atoms with van der Waals surface area (Å²) in [5.74, 6) is -0.268. The number of imidazole rings is 1. The lowest BCUT2D eigenvalue weighted by Gasteiger charge is -2.10. The van der Waals surface area contributed by atoms with Gasteiger partial charge in [0.2, 0.25) is 0 Å². The number of alkyl halides is 1. The number of nitrogens with zero attached hydrogens (tertiary/aromatic N) is 5. The first-order valence-corrected chi connectivity index (χ1v) is 10.2. The third-order valence-corrected chi connectivity index (χ3v) is 5.62. The molecular formula is C19H16FIN6. The minimum Gasteiger partial charge on any atom is -0.315 e. The second kappa shape index (κ2) is 6.29. The Morgan fingerprint density at radius 3 is 2.96 bits per heavy atom. The van der Waals surface area contributed by atoms with Crippen LogP contribution in [-0.2, 0) is 6.54 Å². The highest BCUT2D eigenvalue weighted by molar-refractivity contribution is 14.1. The molecule has 0 amide bonds. The summed E-state index contributed by atoms with van der Waals surface area (Å²) in [6, 6.07) is 6.85. The van der Waals surface area contributed by atoms with Gasteiger partial charge in [-0.15, -0.1) is 0 Å². The van der Waals surface area contributed by atoms with Crippen molar-refractivity contribution < 1.29 is 4.39 Å². The van der Waals surface area contributed by atoms with Gasteiger partial charge < -0.3 is 9.13 Å². The third kappa shape index (κ3) is 2.53. The van der Waals surface area contributed by atoms with Crippen molar-refractivity contribution in [2.45, 2.75) is 19.9 Å². The van der Waals surface area contributed by atoms with Gasteiger partial charge in [-0.2, -0.15) is 5.10 Å². The second-order valence-corrected chi connectivity index (χ2v) is 7.62. The van der Waals surface area contributed by atoms with E-state index in [4.69, 9.17) is 4.98 Å². The van der Waals surface area contributed by atoms with Crippen LogP contribution in [-0.4, -0.2) is 33.7 Å². The number of benzene rings is 1. The molecule has 6 nitrogen and oxygen atoms in total. The molecule has 0 saturated carbocycles. The van der Waals surface area contributed by atoms with Gasteiger partial charge in [-0.1, -0.05) is 22.6 Å². The molecule has 0 bridgehead atoms. The largest absolute Gasteiger partial charge is 0.315 e. The van der Waals surface area contributed by atoms with E-state index in [9.17, 15) is 4.39 Å². The van der Waals surface area contributed by atoms with E-state index < -0.39 is 0 Å². The monoisotopic (exact) mass is 474 g/mol. The molecule has 4 aromatic heterocycles. The lowest BCUT2D eigenvalue weighted by Crippen LogP contribution is -2.02. The van der Waals surface area contributed by atoms with Gasteiger partial charge in [0, 0.05) is 16.4 Å². The Bertz CT molecular complexity index is 1300. The van der Waals surface area contributed by atoms with Crippen molar-refractivity contribution in [2.24, 2.45) is 0 Å². The van der Waals surface area contributed by atoms with E-state index in [1.54, 1.807) is 12.3 Å². The molecule has 4 heterocycles. The van der Waals surface area contributed by atoms with E-state index in [1.165, 1.54) is 12.1 Å². The van der Waals surface area contributed by atoms with Crippen molar-refractivity contribution in [3.63, 3.8) is 0 Å². The number of rotatable bonds is 4. The highest BCUT2D eigenvalue weighted by Gasteiger charge is 2.18. The summed E-state index contributed by atoms with van der Waals surface area (Å²) < 4.78 is 19.1. The lowest BCUT2D eigenvalue weighted by atomic mass is 10.2. The summed E-state index contributed by atoms with van der Waals surface area (Å²) in [6.45, 7) is 2.90. The molecule has 5 rings (SSSR count). The van der Waals surface area contributed by atoms with E-state index in [2.05, 4.69) is 46.9 Å². The number of halogens is 2. The summed E-state index contributed by atoms with van der Waals surface area (Å²) in [4.78, 5) is 9.38. The minimum atomic E-state index is -0.268. The Morgan fingerprint density at radius 1 is 1.22 bits per heavy atom. The summed E-state index contributed by atoms with van der Waals surface area (Å²) >= 11 is 2.38. The smallest absolute Gasteiger partial charge is 0.160 e. The van der Waals surface area contributed by atoms with Crippen LogP contribution in [0.2, 0.25) is 0 Å². The number of aromatic amines is 1. The first kappa shape index (κ1) is 16.7. The number of fused-ring (bicyclic) bond motifs is 4. The molecule has 0 spiro atoms. The van der Waals surface area contributed by atoms with Gasteiger partial charge in [0.25, 0.3) is 0 Å². The van der Waals surface area contributed by atoms with E-state index in [0.29, 0.717) is 0 Å². The van der Waals surface area contributed by atoms with E-state index >= 15 is 0 Å². The van der Waals surface area contributed by atoms with Gasteiger partial charge in [0.15, 0.2) is 5.65 Å². The lowest BCUT2D eigenvalue weighted by molar-refractivity contribution is 0.629.